The van der Waals surface area contributed by atoms with E-state index < -0.39 is 0 Å². The minimum Gasteiger partial charge on any atom is -0.321 e. The van der Waals surface area contributed by atoms with Gasteiger partial charge in [0, 0.05) is 14.6 Å². The Balaban J connectivity index is 2.15. The summed E-state index contributed by atoms with van der Waals surface area (Å²) in [6.07, 6.45) is 0. The predicted molar refractivity (Wildman–Crippen MR) is 90.8 cm³/mol. The summed E-state index contributed by atoms with van der Waals surface area (Å²) in [5.41, 5.74) is 2.83. The molecule has 1 aromatic carbocycles. The normalized spacial score (nSPS) is 12.9. The summed E-state index contributed by atoms with van der Waals surface area (Å²) in [7, 11) is 0. The second-order valence-electron chi connectivity index (χ2n) is 4.48. The monoisotopic (exact) mass is 419 g/mol. The van der Waals surface area contributed by atoms with Gasteiger partial charge in [0.15, 0.2) is 0 Å². The summed E-state index contributed by atoms with van der Waals surface area (Å²) in [4.78, 5) is 18.7. The number of aromatic nitrogens is 3. The zero-order valence-corrected chi connectivity index (χ0v) is 14.3. The van der Waals surface area contributed by atoms with Gasteiger partial charge in [-0.1, -0.05) is 11.3 Å². The van der Waals surface area contributed by atoms with E-state index in [2.05, 4.69) is 37.1 Å². The summed E-state index contributed by atoms with van der Waals surface area (Å²) >= 11 is 9.67. The molecule has 7 heteroatoms. The van der Waals surface area contributed by atoms with Crippen LogP contribution in [0.4, 0.5) is 0 Å². The van der Waals surface area contributed by atoms with E-state index >= 15 is 0 Å². The van der Waals surface area contributed by atoms with E-state index in [4.69, 9.17) is 11.6 Å². The molecule has 1 N–H and O–H groups in total. The van der Waals surface area contributed by atoms with Gasteiger partial charge in [-0.05, 0) is 47.7 Å². The molecule has 0 aliphatic rings. The third-order valence-corrected chi connectivity index (χ3v) is 4.58. The average Bonchev–Trinajstić information content (AvgIpc) is 2.94. The molecule has 3 rings (SSSR count). The third-order valence-electron chi connectivity index (χ3n) is 2.99. The molecule has 2 aromatic heterocycles. The number of aromatic amines is 1. The third kappa shape index (κ3) is 2.64. The van der Waals surface area contributed by atoms with Crippen LogP contribution in [-0.4, -0.2) is 14.5 Å². The van der Waals surface area contributed by atoms with Crippen molar-refractivity contribution >= 4 is 56.6 Å². The molecule has 0 saturated carbocycles. The molecule has 0 fully saturated rings. The number of hydrogen-bond acceptors (Lipinski definition) is 3. The number of H-pyrrole nitrogens is 1. The predicted octanol–water partition coefficient (Wildman–Crippen LogP) is 3.74. The fourth-order valence-corrected chi connectivity index (χ4v) is 3.37. The van der Waals surface area contributed by atoms with Crippen molar-refractivity contribution in [2.45, 2.75) is 18.8 Å². The van der Waals surface area contributed by atoms with E-state index in [1.165, 1.54) is 11.3 Å². The lowest BCUT2D eigenvalue weighted by atomic mass is 10.3. The van der Waals surface area contributed by atoms with Gasteiger partial charge in [0.2, 0.25) is 0 Å². The highest BCUT2D eigenvalue weighted by atomic mass is 127. The van der Waals surface area contributed by atoms with Crippen LogP contribution in [-0.2, 0) is 6.54 Å². The van der Waals surface area contributed by atoms with E-state index in [0.29, 0.717) is 6.54 Å². The SMILES string of the molecule is CC(Cl)c1nc2cc(I)ccc2n1Cc1csc(=O)[nH]1. The molecule has 2 heterocycles. The molecule has 3 aromatic rings. The van der Waals surface area contributed by atoms with Crippen LogP contribution in [0.2, 0.25) is 0 Å². The molecule has 0 amide bonds. The van der Waals surface area contributed by atoms with Crippen molar-refractivity contribution in [3.63, 3.8) is 0 Å². The van der Waals surface area contributed by atoms with E-state index in [9.17, 15) is 4.79 Å². The van der Waals surface area contributed by atoms with Crippen molar-refractivity contribution in [1.82, 2.24) is 14.5 Å². The van der Waals surface area contributed by atoms with Gasteiger partial charge in [-0.25, -0.2) is 4.98 Å². The molecule has 0 saturated heterocycles. The van der Waals surface area contributed by atoms with Gasteiger partial charge in [0.1, 0.15) is 5.82 Å². The Kier molecular flexibility index (Phi) is 3.87. The molecule has 0 spiro atoms. The topological polar surface area (TPSA) is 50.7 Å². The van der Waals surface area contributed by atoms with E-state index in [1.54, 1.807) is 0 Å². The molecule has 4 nitrogen and oxygen atoms in total. The number of hydrogen-bond donors (Lipinski definition) is 1. The molecular weight excluding hydrogens is 409 g/mol. The number of rotatable bonds is 3. The van der Waals surface area contributed by atoms with Crippen LogP contribution in [0.5, 0.6) is 0 Å². The summed E-state index contributed by atoms with van der Waals surface area (Å²) < 4.78 is 3.19. The lowest BCUT2D eigenvalue weighted by Crippen LogP contribution is -2.07. The molecule has 0 aliphatic heterocycles. The molecule has 20 heavy (non-hydrogen) atoms. The minimum absolute atomic E-state index is 0.0422. The average molecular weight is 420 g/mol. The fourth-order valence-electron chi connectivity index (χ4n) is 2.15. The van der Waals surface area contributed by atoms with Crippen molar-refractivity contribution in [2.24, 2.45) is 0 Å². The first-order chi connectivity index (χ1) is 9.54. The van der Waals surface area contributed by atoms with Crippen LogP contribution >= 0.6 is 45.5 Å². The number of thiazole rings is 1. The number of imidazole rings is 1. The lowest BCUT2D eigenvalue weighted by Gasteiger charge is -2.09. The molecule has 0 aliphatic carbocycles. The van der Waals surface area contributed by atoms with E-state index in [1.807, 2.05) is 30.5 Å². The van der Waals surface area contributed by atoms with Gasteiger partial charge in [-0.3, -0.25) is 4.79 Å². The summed E-state index contributed by atoms with van der Waals surface area (Å²) in [5, 5.41) is 1.65. The minimum atomic E-state index is -0.189. The molecule has 1 unspecified atom stereocenters. The maximum absolute atomic E-state index is 11.3. The molecule has 0 bridgehead atoms. The Labute approximate surface area is 137 Å². The van der Waals surface area contributed by atoms with Crippen LogP contribution in [0.3, 0.4) is 0 Å². The van der Waals surface area contributed by atoms with Crippen molar-refractivity contribution in [2.75, 3.05) is 0 Å². The quantitative estimate of drug-likeness (QED) is 0.519. The smallest absolute Gasteiger partial charge is 0.304 e. The number of benzene rings is 1. The van der Waals surface area contributed by atoms with Crippen LogP contribution in [0.1, 0.15) is 23.8 Å². The van der Waals surface area contributed by atoms with Gasteiger partial charge >= 0.3 is 4.87 Å². The zero-order valence-electron chi connectivity index (χ0n) is 10.6. The number of alkyl halides is 1. The van der Waals surface area contributed by atoms with Gasteiger partial charge in [-0.2, -0.15) is 0 Å². The largest absolute Gasteiger partial charge is 0.321 e. The standard InChI is InChI=1S/C13H11ClIN3OS/c1-7(14)12-17-10-4-8(15)2-3-11(10)18(12)5-9-6-20-13(19)16-9/h2-4,6-7H,5H2,1H3,(H,16,19). The molecular formula is C13H11ClIN3OS. The molecule has 0 radical (unpaired) electrons. The first-order valence-electron chi connectivity index (χ1n) is 6.01. The van der Waals surface area contributed by atoms with E-state index in [0.717, 1.165) is 26.1 Å². The van der Waals surface area contributed by atoms with Crippen molar-refractivity contribution in [3.8, 4) is 0 Å². The number of nitrogens with one attached hydrogen (secondary N) is 1. The van der Waals surface area contributed by atoms with Crippen LogP contribution in [0.25, 0.3) is 11.0 Å². The summed E-state index contributed by atoms with van der Waals surface area (Å²) in [6, 6.07) is 6.11. The van der Waals surface area contributed by atoms with Gasteiger partial charge in [-0.15, -0.1) is 11.6 Å². The number of halogens is 2. The first kappa shape index (κ1) is 14.1. The fraction of sp³-hybridized carbons (Fsp3) is 0.231. The van der Waals surface area contributed by atoms with Gasteiger partial charge in [0.05, 0.1) is 23.0 Å². The zero-order chi connectivity index (χ0) is 14.3. The Morgan fingerprint density at radius 3 is 3.00 bits per heavy atom. The maximum Gasteiger partial charge on any atom is 0.304 e. The Bertz CT molecular complexity index is 820. The van der Waals surface area contributed by atoms with Crippen LogP contribution < -0.4 is 4.87 Å². The first-order valence-corrected chi connectivity index (χ1v) is 8.40. The highest BCUT2D eigenvalue weighted by Crippen LogP contribution is 2.26. The molecule has 1 atom stereocenters. The van der Waals surface area contributed by atoms with Gasteiger partial charge in [0.25, 0.3) is 0 Å². The Morgan fingerprint density at radius 1 is 1.55 bits per heavy atom. The maximum atomic E-state index is 11.3. The number of fused-ring (bicyclic) bond motifs is 1. The van der Waals surface area contributed by atoms with Crippen molar-refractivity contribution < 1.29 is 0 Å². The van der Waals surface area contributed by atoms with Crippen molar-refractivity contribution in [1.29, 1.82) is 0 Å². The number of nitrogens with zero attached hydrogens (tertiary/aromatic N) is 2. The Hall–Kier alpha value is -0.860. The lowest BCUT2D eigenvalue weighted by molar-refractivity contribution is 0.729. The highest BCUT2D eigenvalue weighted by molar-refractivity contribution is 14.1. The van der Waals surface area contributed by atoms with Crippen molar-refractivity contribution in [3.05, 3.63) is 48.3 Å². The second kappa shape index (κ2) is 5.50. The summed E-state index contributed by atoms with van der Waals surface area (Å²) in [5.74, 6) is 0.815. The van der Waals surface area contributed by atoms with Crippen LogP contribution in [0.15, 0.2) is 28.4 Å². The molecule has 104 valence electrons. The van der Waals surface area contributed by atoms with Gasteiger partial charge < -0.3 is 9.55 Å². The Morgan fingerprint density at radius 2 is 2.35 bits per heavy atom. The second-order valence-corrected chi connectivity index (χ2v) is 7.22. The summed E-state index contributed by atoms with van der Waals surface area (Å²) in [6.45, 7) is 2.48. The van der Waals surface area contributed by atoms with E-state index in [-0.39, 0.29) is 10.3 Å². The van der Waals surface area contributed by atoms with Crippen LogP contribution in [0, 0.1) is 3.57 Å². The highest BCUT2D eigenvalue weighted by Gasteiger charge is 2.15.